The Hall–Kier alpha value is -3.44. The van der Waals surface area contributed by atoms with Crippen molar-refractivity contribution in [2.24, 2.45) is 29.4 Å². The summed E-state index contributed by atoms with van der Waals surface area (Å²) in [6, 6.07) is 2.84. The fraction of sp³-hybridized carbons (Fsp3) is 0.455. The molecule has 4 rings (SSSR count). The molecule has 11 nitrogen and oxygen atoms in total. The Labute approximate surface area is 186 Å². The van der Waals surface area contributed by atoms with E-state index in [4.69, 9.17) is 5.73 Å². The van der Waals surface area contributed by atoms with Crippen LogP contribution in [0.4, 0.5) is 5.69 Å². The number of hydrogen-bond donors (Lipinski definition) is 5. The lowest BCUT2D eigenvalue weighted by Crippen LogP contribution is -2.72. The van der Waals surface area contributed by atoms with Gasteiger partial charge in [-0.05, 0) is 17.5 Å². The summed E-state index contributed by atoms with van der Waals surface area (Å²) in [5.74, 6) is -14.2. The molecule has 0 radical (unpaired) electrons. The molecule has 7 atom stereocenters. The highest BCUT2D eigenvalue weighted by Gasteiger charge is 2.69. The van der Waals surface area contributed by atoms with E-state index >= 15 is 0 Å². The van der Waals surface area contributed by atoms with E-state index in [1.165, 1.54) is 19.1 Å². The number of anilines is 1. The van der Waals surface area contributed by atoms with E-state index in [0.717, 1.165) is 0 Å². The lowest BCUT2D eigenvalue weighted by atomic mass is 9.50. The maximum atomic E-state index is 13.5. The molecule has 174 valence electrons. The Bertz CT molecular complexity index is 1160. The Morgan fingerprint density at radius 3 is 2.36 bits per heavy atom. The number of Topliss-reactive ketones (excluding diaryl/α,β-unsaturated/α-hetero) is 4. The molecular formula is C22H22N2O9. The van der Waals surface area contributed by atoms with Crippen molar-refractivity contribution in [1.29, 1.82) is 0 Å². The summed E-state index contributed by atoms with van der Waals surface area (Å²) in [7, 11) is 0. The summed E-state index contributed by atoms with van der Waals surface area (Å²) in [5, 5.41) is 35.3. The van der Waals surface area contributed by atoms with E-state index in [0.29, 0.717) is 5.56 Å². The third-order valence-electron chi connectivity index (χ3n) is 7.17. The molecule has 6 N–H and O–H groups in total. The van der Waals surface area contributed by atoms with Gasteiger partial charge in [0.2, 0.25) is 11.8 Å². The van der Waals surface area contributed by atoms with Crippen molar-refractivity contribution in [2.75, 3.05) is 5.32 Å². The van der Waals surface area contributed by atoms with Crippen LogP contribution in [0.5, 0.6) is 5.75 Å². The van der Waals surface area contributed by atoms with Crippen molar-refractivity contribution in [3.05, 3.63) is 23.3 Å². The molecule has 1 aromatic rings. The van der Waals surface area contributed by atoms with E-state index in [9.17, 15) is 44.1 Å². The predicted octanol–water partition coefficient (Wildman–Crippen LogP) is -1.18. The minimum atomic E-state index is -2.97. The maximum Gasteiger partial charge on any atom is 0.235 e. The quantitative estimate of drug-likeness (QED) is 0.267. The summed E-state index contributed by atoms with van der Waals surface area (Å²) >= 11 is 0. The van der Waals surface area contributed by atoms with Crippen LogP contribution in [0.1, 0.15) is 42.1 Å². The van der Waals surface area contributed by atoms with Gasteiger partial charge in [0.1, 0.15) is 5.75 Å². The number of nitrogens with two attached hydrogens (primary N) is 1. The van der Waals surface area contributed by atoms with Crippen molar-refractivity contribution in [1.82, 2.24) is 0 Å². The van der Waals surface area contributed by atoms with Crippen LogP contribution in [0.15, 0.2) is 12.1 Å². The standard InChI is InChI=1S/C22H22N2O9/c1-6-8-3-4-10(24-7(2)25)17(28)13(8)18(29)15-12(6)16(27)9-5-11(26)14(21(23)32)19(30)22(9,33)20(15)31/h3-4,6,9,12,14-16,27-28,33H,5H2,1-2H3,(H2,23,32)(H,24,25)/t6-,9+,12+,14?,15?,16+,22+/m0/s1. The first kappa shape index (κ1) is 22.7. The van der Waals surface area contributed by atoms with Gasteiger partial charge in [0, 0.05) is 25.2 Å². The lowest BCUT2D eigenvalue weighted by molar-refractivity contribution is -0.189. The summed E-state index contributed by atoms with van der Waals surface area (Å²) in [6.07, 6.45) is -2.27. The zero-order chi connectivity index (χ0) is 24.6. The zero-order valence-electron chi connectivity index (χ0n) is 17.7. The molecule has 0 bridgehead atoms. The highest BCUT2D eigenvalue weighted by molar-refractivity contribution is 6.31. The number of carbonyl (C=O) groups is 6. The van der Waals surface area contributed by atoms with E-state index in [1.54, 1.807) is 6.92 Å². The number of rotatable bonds is 2. The van der Waals surface area contributed by atoms with Crippen LogP contribution in [0, 0.1) is 23.7 Å². The highest BCUT2D eigenvalue weighted by atomic mass is 16.3. The van der Waals surface area contributed by atoms with Gasteiger partial charge < -0.3 is 26.4 Å². The van der Waals surface area contributed by atoms with Gasteiger partial charge in [-0.2, -0.15) is 0 Å². The van der Waals surface area contributed by atoms with Crippen LogP contribution < -0.4 is 11.1 Å². The van der Waals surface area contributed by atoms with E-state index < -0.39 is 88.4 Å². The minimum Gasteiger partial charge on any atom is -0.505 e. The lowest BCUT2D eigenvalue weighted by Gasteiger charge is -2.52. The Morgan fingerprint density at radius 2 is 1.79 bits per heavy atom. The van der Waals surface area contributed by atoms with Crippen LogP contribution in [-0.2, 0) is 24.0 Å². The number of ketones is 4. The summed E-state index contributed by atoms with van der Waals surface area (Å²) < 4.78 is 0. The fourth-order valence-electron chi connectivity index (χ4n) is 5.65. The second-order valence-corrected chi connectivity index (χ2v) is 8.91. The maximum absolute atomic E-state index is 13.5. The molecule has 0 heterocycles. The number of primary amides is 1. The van der Waals surface area contributed by atoms with Crippen LogP contribution in [0.25, 0.3) is 0 Å². The first-order valence-corrected chi connectivity index (χ1v) is 10.3. The van der Waals surface area contributed by atoms with E-state index in [-0.39, 0.29) is 11.3 Å². The van der Waals surface area contributed by atoms with Gasteiger partial charge in [-0.1, -0.05) is 13.0 Å². The summed E-state index contributed by atoms with van der Waals surface area (Å²) in [6.45, 7) is 2.79. The van der Waals surface area contributed by atoms with E-state index in [2.05, 4.69) is 5.32 Å². The summed E-state index contributed by atoms with van der Waals surface area (Å²) in [5.41, 5.74) is 2.11. The number of phenolic OH excluding ortho intramolecular Hbond substituents is 1. The molecule has 2 fully saturated rings. The molecule has 2 saturated carbocycles. The van der Waals surface area contributed by atoms with Gasteiger partial charge in [-0.25, -0.2) is 0 Å². The van der Waals surface area contributed by atoms with Crippen LogP contribution in [0.2, 0.25) is 0 Å². The SMILES string of the molecule is CC(=O)Nc1ccc2c(c1O)C(=O)C1C(=O)[C@]3(O)C(=O)C(C(N)=O)C(=O)C[C@@H]3[C@@H](O)[C@@H]1[C@H]2C. The second-order valence-electron chi connectivity index (χ2n) is 8.91. The Balaban J connectivity index is 1.88. The highest BCUT2D eigenvalue weighted by Crippen LogP contribution is 2.54. The molecule has 1 aromatic carbocycles. The number of hydrogen-bond acceptors (Lipinski definition) is 9. The van der Waals surface area contributed by atoms with Gasteiger partial charge in [0.25, 0.3) is 0 Å². The van der Waals surface area contributed by atoms with Gasteiger partial charge in [0.05, 0.1) is 23.3 Å². The van der Waals surface area contributed by atoms with Gasteiger partial charge >= 0.3 is 0 Å². The number of aliphatic hydroxyl groups is 2. The number of benzene rings is 1. The van der Waals surface area contributed by atoms with Crippen LogP contribution >= 0.6 is 0 Å². The number of nitrogens with one attached hydrogen (secondary N) is 1. The minimum absolute atomic E-state index is 0.0752. The number of amides is 2. The van der Waals surface area contributed by atoms with Crippen molar-refractivity contribution in [2.45, 2.75) is 37.9 Å². The smallest absolute Gasteiger partial charge is 0.235 e. The van der Waals surface area contributed by atoms with Crippen LogP contribution in [-0.4, -0.2) is 62.0 Å². The molecule has 2 unspecified atom stereocenters. The zero-order valence-corrected chi connectivity index (χ0v) is 17.7. The number of aromatic hydroxyl groups is 1. The molecule has 2 amide bonds. The molecule has 33 heavy (non-hydrogen) atoms. The topological polar surface area (TPSA) is 201 Å². The fourth-order valence-corrected chi connectivity index (χ4v) is 5.65. The van der Waals surface area contributed by atoms with Crippen LogP contribution in [0.3, 0.4) is 0 Å². The van der Waals surface area contributed by atoms with Gasteiger partial charge in [0.15, 0.2) is 34.7 Å². The average Bonchev–Trinajstić information content (AvgIpc) is 2.72. The molecule has 0 saturated heterocycles. The predicted molar refractivity (Wildman–Crippen MR) is 109 cm³/mol. The molecule has 0 spiro atoms. The largest absolute Gasteiger partial charge is 0.505 e. The van der Waals surface area contributed by atoms with Gasteiger partial charge in [-0.3, -0.25) is 28.8 Å². The normalized spacial score (nSPS) is 35.4. The molecule has 0 aromatic heterocycles. The third-order valence-corrected chi connectivity index (χ3v) is 7.17. The molecule has 3 aliphatic carbocycles. The number of aliphatic hydroxyl groups excluding tert-OH is 1. The molecule has 3 aliphatic rings. The van der Waals surface area contributed by atoms with Gasteiger partial charge in [-0.15, -0.1) is 0 Å². The first-order chi connectivity index (χ1) is 15.3. The number of phenols is 1. The van der Waals surface area contributed by atoms with Crippen molar-refractivity contribution >= 4 is 40.6 Å². The average molecular weight is 458 g/mol. The Morgan fingerprint density at radius 1 is 1.15 bits per heavy atom. The third kappa shape index (κ3) is 2.89. The number of fused-ring (bicyclic) bond motifs is 3. The van der Waals surface area contributed by atoms with Crippen molar-refractivity contribution in [3.8, 4) is 5.75 Å². The molecule has 0 aliphatic heterocycles. The summed E-state index contributed by atoms with van der Waals surface area (Å²) in [4.78, 5) is 75.3. The molecular weight excluding hydrogens is 436 g/mol. The first-order valence-electron chi connectivity index (χ1n) is 10.3. The molecule has 11 heteroatoms. The Kier molecular flexibility index (Phi) is 5.02. The second kappa shape index (κ2) is 7.29. The van der Waals surface area contributed by atoms with E-state index in [1.807, 2.05) is 0 Å². The number of carbonyl (C=O) groups excluding carboxylic acids is 6. The monoisotopic (exact) mass is 458 g/mol. The van der Waals surface area contributed by atoms with Crippen molar-refractivity contribution < 1.29 is 44.1 Å². The van der Waals surface area contributed by atoms with Crippen molar-refractivity contribution in [3.63, 3.8) is 0 Å².